The Morgan fingerprint density at radius 3 is 2.88 bits per heavy atom. The summed E-state index contributed by atoms with van der Waals surface area (Å²) in [5.41, 5.74) is 0.834. The van der Waals surface area contributed by atoms with Gasteiger partial charge in [-0.15, -0.1) is 0 Å². The van der Waals surface area contributed by atoms with E-state index in [2.05, 4.69) is 17.9 Å². The number of carbonyl (C=O) groups is 1. The van der Waals surface area contributed by atoms with E-state index in [9.17, 15) is 9.90 Å². The van der Waals surface area contributed by atoms with Crippen LogP contribution in [0, 0.1) is 11.8 Å². The zero-order valence-electron chi connectivity index (χ0n) is 14.7. The number of hydrogen-bond acceptors (Lipinski definition) is 5. The van der Waals surface area contributed by atoms with Crippen molar-refractivity contribution < 1.29 is 19.4 Å². The lowest BCUT2D eigenvalue weighted by molar-refractivity contribution is -0.145. The van der Waals surface area contributed by atoms with E-state index < -0.39 is 6.10 Å². The van der Waals surface area contributed by atoms with Gasteiger partial charge < -0.3 is 19.5 Å². The smallest absolute Gasteiger partial charge is 0.311 e. The molecule has 3 saturated heterocycles. The highest BCUT2D eigenvalue weighted by Crippen LogP contribution is 2.50. The number of aliphatic hydroxyl groups is 1. The second-order valence-corrected chi connectivity index (χ2v) is 8.27. The fraction of sp³-hybridized carbons (Fsp3) is 0.842. The number of likely N-dealkylation sites (tertiary alicyclic amines) is 1. The van der Waals surface area contributed by atoms with Gasteiger partial charge in [0.1, 0.15) is 12.2 Å². The van der Waals surface area contributed by atoms with Crippen molar-refractivity contribution in [1.82, 2.24) is 4.90 Å². The van der Waals surface area contributed by atoms with Crippen LogP contribution in [0.5, 0.6) is 0 Å². The molecule has 1 N–H and O–H groups in total. The van der Waals surface area contributed by atoms with Gasteiger partial charge in [0.2, 0.25) is 0 Å². The minimum absolute atomic E-state index is 0.00552. The molecule has 0 spiro atoms. The minimum Gasteiger partial charge on any atom is -0.459 e. The first-order valence-corrected chi connectivity index (χ1v) is 9.43. The Morgan fingerprint density at radius 2 is 2.12 bits per heavy atom. The Balaban J connectivity index is 1.58. The zero-order chi connectivity index (χ0) is 16.9. The molecule has 0 radical (unpaired) electrons. The lowest BCUT2D eigenvalue weighted by Crippen LogP contribution is -2.37. The van der Waals surface area contributed by atoms with Crippen LogP contribution in [0.2, 0.25) is 0 Å². The number of allylic oxidation sites excluding steroid dienone is 1. The number of nitrogens with zero attached hydrogens (tertiary/aromatic N) is 1. The van der Waals surface area contributed by atoms with Gasteiger partial charge in [0.15, 0.2) is 0 Å². The Kier molecular flexibility index (Phi) is 4.22. The van der Waals surface area contributed by atoms with Crippen molar-refractivity contribution in [1.29, 1.82) is 0 Å². The first-order chi connectivity index (χ1) is 11.5. The summed E-state index contributed by atoms with van der Waals surface area (Å²) in [6.07, 6.45) is 6.27. The molecule has 0 amide bonds. The van der Waals surface area contributed by atoms with Crippen LogP contribution < -0.4 is 0 Å². The molecule has 4 rings (SSSR count). The highest BCUT2D eigenvalue weighted by Gasteiger charge is 2.63. The summed E-state index contributed by atoms with van der Waals surface area (Å²) in [4.78, 5) is 15.0. The second-order valence-electron chi connectivity index (χ2n) is 8.27. The van der Waals surface area contributed by atoms with Gasteiger partial charge in [-0.1, -0.05) is 6.08 Å². The van der Waals surface area contributed by atoms with Crippen molar-refractivity contribution in [3.63, 3.8) is 0 Å². The molecule has 0 bridgehead atoms. The Labute approximate surface area is 144 Å². The molecule has 134 valence electrons. The standard InChI is InChI=1S/C19H29NO4/c1-12-6-5-7-19(2)17(24-19)16-13(10-15(12)21)14(18(22)23-16)11-20-8-3-4-9-20/h6,13-17,21H,3-5,7-11H2,1-2H3/t13-,14-,15-,16-,17+,19+/m0/s1. The topological polar surface area (TPSA) is 62.3 Å². The molecule has 0 unspecified atom stereocenters. The van der Waals surface area contributed by atoms with Gasteiger partial charge in [0.05, 0.1) is 17.6 Å². The third-order valence-corrected chi connectivity index (χ3v) is 6.51. The van der Waals surface area contributed by atoms with E-state index in [0.29, 0.717) is 6.42 Å². The van der Waals surface area contributed by atoms with Crippen LogP contribution in [0.1, 0.15) is 46.0 Å². The van der Waals surface area contributed by atoms with Crippen LogP contribution in [0.25, 0.3) is 0 Å². The van der Waals surface area contributed by atoms with Crippen LogP contribution in [-0.2, 0) is 14.3 Å². The van der Waals surface area contributed by atoms with Crippen LogP contribution in [-0.4, -0.2) is 59.5 Å². The van der Waals surface area contributed by atoms with Crippen LogP contribution >= 0.6 is 0 Å². The average molecular weight is 335 g/mol. The Bertz CT molecular complexity index is 541. The summed E-state index contributed by atoms with van der Waals surface area (Å²) in [6, 6.07) is 0. The second kappa shape index (κ2) is 6.11. The molecule has 1 aliphatic carbocycles. The van der Waals surface area contributed by atoms with Gasteiger partial charge in [-0.05, 0) is 64.6 Å². The predicted molar refractivity (Wildman–Crippen MR) is 89.4 cm³/mol. The van der Waals surface area contributed by atoms with Crippen molar-refractivity contribution in [3.05, 3.63) is 11.6 Å². The summed E-state index contributed by atoms with van der Waals surface area (Å²) in [7, 11) is 0. The Morgan fingerprint density at radius 1 is 1.38 bits per heavy atom. The van der Waals surface area contributed by atoms with Crippen LogP contribution in [0.15, 0.2) is 11.6 Å². The van der Waals surface area contributed by atoms with E-state index >= 15 is 0 Å². The molecule has 6 atom stereocenters. The van der Waals surface area contributed by atoms with Crippen molar-refractivity contribution in [3.8, 4) is 0 Å². The maximum Gasteiger partial charge on any atom is 0.311 e. The SMILES string of the molecule is CC1=CCC[C@@]2(C)O[C@@H]2[C@H]2OC(=O)[C@@H](CN3CCCC3)[C@@H]2C[C@@H]1O. The van der Waals surface area contributed by atoms with Gasteiger partial charge in [0, 0.05) is 12.5 Å². The van der Waals surface area contributed by atoms with Gasteiger partial charge >= 0.3 is 5.97 Å². The number of esters is 1. The molecular weight excluding hydrogens is 306 g/mol. The number of aliphatic hydroxyl groups excluding tert-OH is 1. The Hall–Kier alpha value is -0.910. The van der Waals surface area contributed by atoms with E-state index in [1.54, 1.807) is 0 Å². The van der Waals surface area contributed by atoms with Crippen molar-refractivity contribution in [2.24, 2.45) is 11.8 Å². The minimum atomic E-state index is -0.490. The normalized spacial score (nSPS) is 46.0. The number of carbonyl (C=O) groups excluding carboxylic acids is 1. The van der Waals surface area contributed by atoms with E-state index in [-0.39, 0.29) is 35.6 Å². The van der Waals surface area contributed by atoms with Crippen molar-refractivity contribution in [2.45, 2.75) is 69.9 Å². The maximum absolute atomic E-state index is 12.6. The maximum atomic E-state index is 12.6. The quantitative estimate of drug-likeness (QED) is 0.474. The fourth-order valence-corrected chi connectivity index (χ4v) is 4.79. The summed E-state index contributed by atoms with van der Waals surface area (Å²) in [5.74, 6) is -0.187. The lowest BCUT2D eigenvalue weighted by Gasteiger charge is -2.27. The molecule has 3 aliphatic heterocycles. The molecule has 3 fully saturated rings. The van der Waals surface area contributed by atoms with Gasteiger partial charge in [0.25, 0.3) is 0 Å². The predicted octanol–water partition coefficient (Wildman–Crippen LogP) is 1.89. The van der Waals surface area contributed by atoms with Gasteiger partial charge in [-0.3, -0.25) is 4.79 Å². The largest absolute Gasteiger partial charge is 0.459 e. The molecule has 24 heavy (non-hydrogen) atoms. The number of rotatable bonds is 2. The summed E-state index contributed by atoms with van der Waals surface area (Å²) in [6.45, 7) is 7.01. The van der Waals surface area contributed by atoms with E-state index in [4.69, 9.17) is 9.47 Å². The zero-order valence-corrected chi connectivity index (χ0v) is 14.7. The summed E-state index contributed by atoms with van der Waals surface area (Å²) < 4.78 is 11.8. The van der Waals surface area contributed by atoms with Crippen LogP contribution in [0.3, 0.4) is 0 Å². The van der Waals surface area contributed by atoms with Crippen molar-refractivity contribution in [2.75, 3.05) is 19.6 Å². The summed E-state index contributed by atoms with van der Waals surface area (Å²) in [5, 5.41) is 10.6. The lowest BCUT2D eigenvalue weighted by atomic mass is 9.79. The molecule has 3 heterocycles. The molecule has 0 aromatic heterocycles. The molecule has 0 aromatic rings. The fourth-order valence-electron chi connectivity index (χ4n) is 4.79. The molecule has 0 aromatic carbocycles. The monoisotopic (exact) mass is 335 g/mol. The molecule has 5 nitrogen and oxygen atoms in total. The van der Waals surface area contributed by atoms with Gasteiger partial charge in [-0.2, -0.15) is 0 Å². The molecule has 4 aliphatic rings. The van der Waals surface area contributed by atoms with E-state index in [1.807, 2.05) is 6.92 Å². The van der Waals surface area contributed by atoms with Crippen molar-refractivity contribution >= 4 is 5.97 Å². The third kappa shape index (κ3) is 2.91. The van der Waals surface area contributed by atoms with Gasteiger partial charge in [-0.25, -0.2) is 0 Å². The highest BCUT2D eigenvalue weighted by molar-refractivity contribution is 5.76. The summed E-state index contributed by atoms with van der Waals surface area (Å²) >= 11 is 0. The number of hydrogen-bond donors (Lipinski definition) is 1. The highest BCUT2D eigenvalue weighted by atomic mass is 16.6. The molecule has 5 heteroatoms. The number of epoxide rings is 1. The first kappa shape index (κ1) is 16.6. The van der Waals surface area contributed by atoms with E-state index in [0.717, 1.165) is 38.0 Å². The average Bonchev–Trinajstić information content (AvgIpc) is 2.88. The molecular formula is C19H29NO4. The first-order valence-electron chi connectivity index (χ1n) is 9.43. The van der Waals surface area contributed by atoms with E-state index in [1.165, 1.54) is 12.8 Å². The third-order valence-electron chi connectivity index (χ3n) is 6.51. The molecule has 0 saturated carbocycles. The number of ether oxygens (including phenoxy) is 2. The van der Waals surface area contributed by atoms with Crippen LogP contribution in [0.4, 0.5) is 0 Å². The number of fused-ring (bicyclic) bond motifs is 3.